The highest BCUT2D eigenvalue weighted by atomic mass is 15.5. The Kier molecular flexibility index (Phi) is 5.21. The van der Waals surface area contributed by atoms with E-state index in [9.17, 15) is 0 Å². The molecule has 1 aliphatic rings. The molecule has 0 amide bonds. The van der Waals surface area contributed by atoms with Crippen molar-refractivity contribution in [2.75, 3.05) is 6.54 Å². The van der Waals surface area contributed by atoms with E-state index in [-0.39, 0.29) is 0 Å². The molecule has 0 aliphatic carbocycles. The summed E-state index contributed by atoms with van der Waals surface area (Å²) in [7, 11) is 0. The van der Waals surface area contributed by atoms with E-state index in [1.165, 1.54) is 37.7 Å². The topological polar surface area (TPSA) is 15.3 Å². The van der Waals surface area contributed by atoms with Gasteiger partial charge in [0, 0.05) is 18.6 Å². The highest BCUT2D eigenvalue weighted by Crippen LogP contribution is 2.20. The SMILES string of the molecule is CC1CCCC(C)N1NCCCc1ccccc1. The number of nitrogens with zero attached hydrogens (tertiary/aromatic N) is 1. The molecule has 2 nitrogen and oxygen atoms in total. The summed E-state index contributed by atoms with van der Waals surface area (Å²) in [6, 6.07) is 12.1. The number of aryl methyl sites for hydroxylation is 1. The summed E-state index contributed by atoms with van der Waals surface area (Å²) in [5.74, 6) is 0. The second-order valence-electron chi connectivity index (χ2n) is 5.53. The van der Waals surface area contributed by atoms with Crippen LogP contribution < -0.4 is 5.43 Å². The molecule has 1 N–H and O–H groups in total. The van der Waals surface area contributed by atoms with Crippen LogP contribution in [0.1, 0.15) is 45.1 Å². The van der Waals surface area contributed by atoms with Crippen molar-refractivity contribution in [1.29, 1.82) is 0 Å². The number of piperidine rings is 1. The lowest BCUT2D eigenvalue weighted by atomic mass is 10.00. The molecule has 18 heavy (non-hydrogen) atoms. The molecule has 2 unspecified atom stereocenters. The molecule has 100 valence electrons. The van der Waals surface area contributed by atoms with Crippen LogP contribution in [0.5, 0.6) is 0 Å². The lowest BCUT2D eigenvalue weighted by Gasteiger charge is -2.39. The van der Waals surface area contributed by atoms with Crippen LogP contribution in [0, 0.1) is 0 Å². The molecule has 0 spiro atoms. The third-order valence-electron chi connectivity index (χ3n) is 3.97. The highest BCUT2D eigenvalue weighted by Gasteiger charge is 2.23. The van der Waals surface area contributed by atoms with Crippen molar-refractivity contribution >= 4 is 0 Å². The van der Waals surface area contributed by atoms with Crippen LogP contribution in [0.15, 0.2) is 30.3 Å². The molecule has 1 saturated heterocycles. The Bertz CT molecular complexity index is 326. The van der Waals surface area contributed by atoms with E-state index < -0.39 is 0 Å². The van der Waals surface area contributed by atoms with Gasteiger partial charge in [-0.15, -0.1) is 0 Å². The summed E-state index contributed by atoms with van der Waals surface area (Å²) in [5, 5.41) is 2.47. The molecular weight excluding hydrogens is 220 g/mol. The maximum Gasteiger partial charge on any atom is 0.0218 e. The van der Waals surface area contributed by atoms with Crippen LogP contribution in [0.25, 0.3) is 0 Å². The van der Waals surface area contributed by atoms with Crippen molar-refractivity contribution < 1.29 is 0 Å². The molecule has 0 saturated carbocycles. The van der Waals surface area contributed by atoms with Gasteiger partial charge in [0.1, 0.15) is 0 Å². The van der Waals surface area contributed by atoms with Gasteiger partial charge in [-0.2, -0.15) is 0 Å². The first-order valence-electron chi connectivity index (χ1n) is 7.33. The van der Waals surface area contributed by atoms with Gasteiger partial charge in [0.15, 0.2) is 0 Å². The molecule has 1 aromatic rings. The minimum atomic E-state index is 0.686. The summed E-state index contributed by atoms with van der Waals surface area (Å²) in [6.07, 6.45) is 6.42. The second kappa shape index (κ2) is 6.91. The van der Waals surface area contributed by atoms with Gasteiger partial charge in [-0.1, -0.05) is 36.8 Å². The Morgan fingerprint density at radius 2 is 1.78 bits per heavy atom. The first-order valence-corrected chi connectivity index (χ1v) is 7.33. The first-order chi connectivity index (χ1) is 8.77. The van der Waals surface area contributed by atoms with Crippen molar-refractivity contribution in [3.05, 3.63) is 35.9 Å². The predicted molar refractivity (Wildman–Crippen MR) is 77.4 cm³/mol. The Labute approximate surface area is 111 Å². The van der Waals surface area contributed by atoms with Crippen molar-refractivity contribution in [2.45, 2.75) is 58.0 Å². The Hall–Kier alpha value is -0.860. The molecule has 0 aromatic heterocycles. The fourth-order valence-electron chi connectivity index (χ4n) is 2.88. The number of hydrogen-bond donors (Lipinski definition) is 1. The summed E-state index contributed by atoms with van der Waals surface area (Å²) < 4.78 is 0. The third-order valence-corrected chi connectivity index (χ3v) is 3.97. The average molecular weight is 246 g/mol. The number of rotatable bonds is 5. The Morgan fingerprint density at radius 1 is 1.11 bits per heavy atom. The van der Waals surface area contributed by atoms with Gasteiger partial charge in [-0.05, 0) is 45.1 Å². The van der Waals surface area contributed by atoms with Gasteiger partial charge < -0.3 is 0 Å². The van der Waals surface area contributed by atoms with E-state index >= 15 is 0 Å². The molecule has 2 rings (SSSR count). The summed E-state index contributed by atoms with van der Waals surface area (Å²) in [4.78, 5) is 0. The van der Waals surface area contributed by atoms with Crippen LogP contribution in [0.3, 0.4) is 0 Å². The molecule has 2 atom stereocenters. The van der Waals surface area contributed by atoms with Crippen LogP contribution in [-0.4, -0.2) is 23.6 Å². The zero-order valence-corrected chi connectivity index (χ0v) is 11.7. The largest absolute Gasteiger partial charge is 0.255 e. The minimum absolute atomic E-state index is 0.686. The summed E-state index contributed by atoms with van der Waals surface area (Å²) in [5.41, 5.74) is 5.07. The molecular formula is C16H26N2. The highest BCUT2D eigenvalue weighted by molar-refractivity contribution is 5.14. The number of hydrazine groups is 1. The fourth-order valence-corrected chi connectivity index (χ4v) is 2.88. The Balaban J connectivity index is 1.68. The van der Waals surface area contributed by atoms with Crippen LogP contribution in [-0.2, 0) is 6.42 Å². The molecule has 0 radical (unpaired) electrons. The quantitative estimate of drug-likeness (QED) is 0.801. The van der Waals surface area contributed by atoms with Crippen molar-refractivity contribution in [1.82, 2.24) is 10.4 Å². The molecule has 2 heteroatoms. The maximum absolute atomic E-state index is 3.62. The number of nitrogens with one attached hydrogen (secondary N) is 1. The summed E-state index contributed by atoms with van der Waals surface area (Å²) >= 11 is 0. The van der Waals surface area contributed by atoms with Gasteiger partial charge in [-0.3, -0.25) is 5.43 Å². The fraction of sp³-hybridized carbons (Fsp3) is 0.625. The standard InChI is InChI=1S/C16H26N2/c1-14-8-6-9-15(2)18(14)17-13-7-12-16-10-4-3-5-11-16/h3-5,10-11,14-15,17H,6-9,12-13H2,1-2H3. The van der Waals surface area contributed by atoms with Gasteiger partial charge >= 0.3 is 0 Å². The van der Waals surface area contributed by atoms with E-state index in [1.54, 1.807) is 0 Å². The molecule has 1 heterocycles. The van der Waals surface area contributed by atoms with E-state index in [0.29, 0.717) is 12.1 Å². The molecule has 0 bridgehead atoms. The van der Waals surface area contributed by atoms with E-state index in [4.69, 9.17) is 0 Å². The monoisotopic (exact) mass is 246 g/mol. The van der Waals surface area contributed by atoms with Crippen LogP contribution in [0.2, 0.25) is 0 Å². The van der Waals surface area contributed by atoms with Crippen LogP contribution in [0.4, 0.5) is 0 Å². The first kappa shape index (κ1) is 13.6. The van der Waals surface area contributed by atoms with Crippen molar-refractivity contribution in [2.24, 2.45) is 0 Å². The number of benzene rings is 1. The third kappa shape index (κ3) is 3.82. The van der Waals surface area contributed by atoms with Gasteiger partial charge in [0.05, 0.1) is 0 Å². The minimum Gasteiger partial charge on any atom is -0.255 e. The zero-order valence-electron chi connectivity index (χ0n) is 11.7. The Morgan fingerprint density at radius 3 is 2.44 bits per heavy atom. The smallest absolute Gasteiger partial charge is 0.0218 e. The molecule has 1 aliphatic heterocycles. The molecule has 1 fully saturated rings. The normalized spacial score (nSPS) is 25.2. The van der Waals surface area contributed by atoms with E-state index in [0.717, 1.165) is 6.54 Å². The lowest BCUT2D eigenvalue weighted by molar-refractivity contribution is 0.0462. The van der Waals surface area contributed by atoms with Gasteiger partial charge in [0.25, 0.3) is 0 Å². The van der Waals surface area contributed by atoms with Gasteiger partial charge in [-0.25, -0.2) is 5.01 Å². The van der Waals surface area contributed by atoms with E-state index in [2.05, 4.69) is 54.6 Å². The number of hydrogen-bond acceptors (Lipinski definition) is 2. The summed E-state index contributed by atoms with van der Waals surface area (Å²) in [6.45, 7) is 5.75. The van der Waals surface area contributed by atoms with Crippen molar-refractivity contribution in [3.8, 4) is 0 Å². The molecule has 1 aromatic carbocycles. The average Bonchev–Trinajstić information content (AvgIpc) is 2.38. The van der Waals surface area contributed by atoms with E-state index in [1.807, 2.05) is 0 Å². The lowest BCUT2D eigenvalue weighted by Crippen LogP contribution is -2.52. The predicted octanol–water partition coefficient (Wildman–Crippen LogP) is 3.39. The van der Waals surface area contributed by atoms with Crippen molar-refractivity contribution in [3.63, 3.8) is 0 Å². The van der Waals surface area contributed by atoms with Gasteiger partial charge in [0.2, 0.25) is 0 Å². The second-order valence-corrected chi connectivity index (χ2v) is 5.53. The zero-order chi connectivity index (χ0) is 12.8. The maximum atomic E-state index is 3.62. The van der Waals surface area contributed by atoms with Crippen LogP contribution >= 0.6 is 0 Å².